The van der Waals surface area contributed by atoms with E-state index in [-0.39, 0.29) is 0 Å². The molecule has 1 aliphatic carbocycles. The van der Waals surface area contributed by atoms with Gasteiger partial charge in [-0.2, -0.15) is 5.10 Å². The van der Waals surface area contributed by atoms with E-state index < -0.39 is 0 Å². The van der Waals surface area contributed by atoms with E-state index in [0.29, 0.717) is 17.7 Å². The van der Waals surface area contributed by atoms with Gasteiger partial charge in [-0.25, -0.2) is 4.99 Å². The highest BCUT2D eigenvalue weighted by Crippen LogP contribution is 2.36. The summed E-state index contributed by atoms with van der Waals surface area (Å²) in [5.74, 6) is 0.974. The first-order chi connectivity index (χ1) is 15.7. The number of hydrazone groups is 1. The number of allylic oxidation sites excluding steroid dienone is 1. The standard InChI is InChI=1S/C24H29N5OS2/c1-31-24(32-2)26-20-7-5-17(6-8-20)19-15-22-21(9-10-25-29(22)16-19)27-11-13-28(14-12-27)23(30)18-3-4-18/h5-10,15,18-19H,3-4,11-14,16H2,1-2H3. The van der Waals surface area contributed by atoms with Gasteiger partial charge in [0, 0.05) is 44.2 Å². The molecule has 0 radical (unpaired) electrons. The Morgan fingerprint density at radius 2 is 1.75 bits per heavy atom. The van der Waals surface area contributed by atoms with Crippen molar-refractivity contribution in [2.75, 3.05) is 45.2 Å². The predicted octanol–water partition coefficient (Wildman–Crippen LogP) is 4.12. The van der Waals surface area contributed by atoms with Crippen LogP contribution >= 0.6 is 23.5 Å². The second-order valence-corrected chi connectivity index (χ2v) is 10.4. The van der Waals surface area contributed by atoms with Crippen LogP contribution in [0.25, 0.3) is 0 Å². The summed E-state index contributed by atoms with van der Waals surface area (Å²) < 4.78 is 1.07. The Kier molecular flexibility index (Phi) is 6.33. The smallest absolute Gasteiger partial charge is 0.225 e. The van der Waals surface area contributed by atoms with Gasteiger partial charge in [0.2, 0.25) is 5.91 Å². The van der Waals surface area contributed by atoms with Crippen molar-refractivity contribution in [2.45, 2.75) is 18.8 Å². The molecule has 1 atom stereocenters. The first-order valence-corrected chi connectivity index (χ1v) is 13.7. The first-order valence-electron chi connectivity index (χ1n) is 11.2. The van der Waals surface area contributed by atoms with Gasteiger partial charge < -0.3 is 9.80 Å². The minimum absolute atomic E-state index is 0.306. The third kappa shape index (κ3) is 4.48. The summed E-state index contributed by atoms with van der Waals surface area (Å²) in [4.78, 5) is 21.5. The van der Waals surface area contributed by atoms with Crippen LogP contribution in [0.4, 0.5) is 5.69 Å². The van der Waals surface area contributed by atoms with E-state index in [0.717, 1.165) is 55.6 Å². The van der Waals surface area contributed by atoms with Crippen LogP contribution in [0.2, 0.25) is 0 Å². The average molecular weight is 468 g/mol. The van der Waals surface area contributed by atoms with Crippen molar-refractivity contribution >= 4 is 45.7 Å². The lowest BCUT2D eigenvalue weighted by Gasteiger charge is -2.39. The second-order valence-electron chi connectivity index (χ2n) is 8.52. The number of fused-ring (bicyclic) bond motifs is 1. The number of hydrogen-bond donors (Lipinski definition) is 0. The lowest BCUT2D eigenvalue weighted by Crippen LogP contribution is -2.49. The molecular formula is C24H29N5OS2. The lowest BCUT2D eigenvalue weighted by molar-refractivity contribution is -0.134. The SMILES string of the molecule is CSC(=Nc1ccc(C2C=C3C(N4CCN(C(=O)C5CC5)CC4)=CC=NN3C2)cc1)SC. The zero-order valence-corrected chi connectivity index (χ0v) is 20.2. The fourth-order valence-electron chi connectivity index (χ4n) is 4.51. The molecule has 32 heavy (non-hydrogen) atoms. The quantitative estimate of drug-likeness (QED) is 0.493. The van der Waals surface area contributed by atoms with E-state index in [4.69, 9.17) is 4.99 Å². The van der Waals surface area contributed by atoms with Gasteiger partial charge in [-0.15, -0.1) is 23.5 Å². The van der Waals surface area contributed by atoms with Crippen molar-refractivity contribution in [3.05, 3.63) is 53.4 Å². The van der Waals surface area contributed by atoms with E-state index in [9.17, 15) is 4.79 Å². The Morgan fingerprint density at radius 1 is 1.03 bits per heavy atom. The van der Waals surface area contributed by atoms with Crippen LogP contribution in [-0.4, -0.2) is 76.5 Å². The van der Waals surface area contributed by atoms with Crippen LogP contribution in [0.5, 0.6) is 0 Å². The molecule has 0 aromatic heterocycles. The van der Waals surface area contributed by atoms with Gasteiger partial charge in [0.25, 0.3) is 0 Å². The fourth-order valence-corrected chi connectivity index (χ4v) is 5.57. The normalized spacial score (nSPS) is 22.4. The van der Waals surface area contributed by atoms with Gasteiger partial charge >= 0.3 is 0 Å². The van der Waals surface area contributed by atoms with Crippen LogP contribution in [0.3, 0.4) is 0 Å². The highest BCUT2D eigenvalue weighted by Gasteiger charge is 2.36. The summed E-state index contributed by atoms with van der Waals surface area (Å²) in [6, 6.07) is 8.58. The molecule has 168 valence electrons. The fraction of sp³-hybridized carbons (Fsp3) is 0.458. The summed E-state index contributed by atoms with van der Waals surface area (Å²) in [5.41, 5.74) is 4.70. The molecule has 1 aromatic carbocycles. The number of nitrogens with zero attached hydrogens (tertiary/aromatic N) is 5. The maximum absolute atomic E-state index is 12.4. The lowest BCUT2D eigenvalue weighted by atomic mass is 10.00. The number of rotatable bonds is 4. The van der Waals surface area contributed by atoms with Crippen molar-refractivity contribution < 1.29 is 4.79 Å². The van der Waals surface area contributed by atoms with Gasteiger partial charge in [-0.05, 0) is 55.2 Å². The van der Waals surface area contributed by atoms with Crippen molar-refractivity contribution in [1.82, 2.24) is 14.8 Å². The van der Waals surface area contributed by atoms with Crippen LogP contribution in [-0.2, 0) is 4.79 Å². The Balaban J connectivity index is 1.27. The predicted molar refractivity (Wildman–Crippen MR) is 136 cm³/mol. The van der Waals surface area contributed by atoms with E-state index in [1.165, 1.54) is 17.0 Å². The first kappa shape index (κ1) is 21.6. The summed E-state index contributed by atoms with van der Waals surface area (Å²) in [6.45, 7) is 4.25. The molecule has 0 spiro atoms. The monoisotopic (exact) mass is 467 g/mol. The van der Waals surface area contributed by atoms with Gasteiger partial charge in [0.1, 0.15) is 4.38 Å². The molecular weight excluding hydrogens is 438 g/mol. The molecule has 8 heteroatoms. The number of aliphatic imine (C=N–C) groups is 1. The Labute approximate surface area is 198 Å². The summed E-state index contributed by atoms with van der Waals surface area (Å²) >= 11 is 3.35. The van der Waals surface area contributed by atoms with Gasteiger partial charge in [-0.3, -0.25) is 9.80 Å². The van der Waals surface area contributed by atoms with Crippen LogP contribution < -0.4 is 0 Å². The molecule has 1 amide bonds. The van der Waals surface area contributed by atoms with Crippen molar-refractivity contribution in [1.29, 1.82) is 0 Å². The van der Waals surface area contributed by atoms with Gasteiger partial charge in [-0.1, -0.05) is 12.1 Å². The number of piperazine rings is 1. The Hall–Kier alpha value is -2.19. The highest BCUT2D eigenvalue weighted by molar-refractivity contribution is 8.38. The number of benzene rings is 1. The Bertz CT molecular complexity index is 982. The third-order valence-corrected chi connectivity index (χ3v) is 8.34. The van der Waals surface area contributed by atoms with E-state index in [1.54, 1.807) is 23.5 Å². The van der Waals surface area contributed by atoms with Gasteiger partial charge in [0.05, 0.1) is 23.6 Å². The van der Waals surface area contributed by atoms with Gasteiger partial charge in [0.15, 0.2) is 0 Å². The molecule has 6 nitrogen and oxygen atoms in total. The molecule has 1 unspecified atom stereocenters. The summed E-state index contributed by atoms with van der Waals surface area (Å²) in [7, 11) is 0. The molecule has 0 bridgehead atoms. The molecule has 4 aliphatic rings. The number of hydrogen-bond acceptors (Lipinski definition) is 7. The highest BCUT2D eigenvalue weighted by atomic mass is 32.2. The van der Waals surface area contributed by atoms with Crippen LogP contribution in [0.1, 0.15) is 24.3 Å². The van der Waals surface area contributed by atoms with Crippen LogP contribution in [0.15, 0.2) is 57.9 Å². The van der Waals surface area contributed by atoms with E-state index in [1.807, 2.05) is 6.21 Å². The molecule has 2 fully saturated rings. The molecule has 1 aromatic rings. The van der Waals surface area contributed by atoms with E-state index >= 15 is 0 Å². The molecule has 5 rings (SSSR count). The van der Waals surface area contributed by atoms with Crippen LogP contribution in [0, 0.1) is 5.92 Å². The van der Waals surface area contributed by atoms with Crippen molar-refractivity contribution in [2.24, 2.45) is 16.0 Å². The topological polar surface area (TPSA) is 51.5 Å². The summed E-state index contributed by atoms with van der Waals surface area (Å²) in [5, 5.41) is 6.73. The minimum Gasteiger partial charge on any atom is -0.366 e. The number of carbonyl (C=O) groups is 1. The molecule has 0 N–H and O–H groups in total. The third-order valence-electron chi connectivity index (χ3n) is 6.46. The second kappa shape index (κ2) is 9.35. The zero-order chi connectivity index (χ0) is 22.1. The number of carbonyl (C=O) groups excluding carboxylic acids is 1. The molecule has 3 aliphatic heterocycles. The molecule has 1 saturated carbocycles. The van der Waals surface area contributed by atoms with E-state index in [2.05, 4.69) is 68.8 Å². The minimum atomic E-state index is 0.306. The number of thioether (sulfide) groups is 2. The van der Waals surface area contributed by atoms with Crippen molar-refractivity contribution in [3.63, 3.8) is 0 Å². The maximum Gasteiger partial charge on any atom is 0.225 e. The number of amides is 1. The average Bonchev–Trinajstić information content (AvgIpc) is 3.60. The zero-order valence-electron chi connectivity index (χ0n) is 18.6. The molecule has 3 heterocycles. The Morgan fingerprint density at radius 3 is 2.41 bits per heavy atom. The van der Waals surface area contributed by atoms with Crippen molar-refractivity contribution in [3.8, 4) is 0 Å². The molecule has 1 saturated heterocycles. The summed E-state index contributed by atoms with van der Waals surface area (Å²) in [6.07, 6.45) is 12.6. The largest absolute Gasteiger partial charge is 0.366 e. The maximum atomic E-state index is 12.4.